The van der Waals surface area contributed by atoms with Crippen LogP contribution < -0.4 is 4.90 Å². The Hall–Kier alpha value is -2.70. The van der Waals surface area contributed by atoms with Crippen LogP contribution in [-0.2, 0) is 11.2 Å². The van der Waals surface area contributed by atoms with Gasteiger partial charge < -0.3 is 20.2 Å². The fourth-order valence-corrected chi connectivity index (χ4v) is 5.45. The quantitative estimate of drug-likeness (QED) is 0.490. The molecule has 2 fully saturated rings. The molecule has 4 rings (SSSR count). The lowest BCUT2D eigenvalue weighted by Gasteiger charge is -2.27. The molecule has 1 amide bonds. The van der Waals surface area contributed by atoms with E-state index in [4.69, 9.17) is 5.11 Å². The largest absolute Gasteiger partial charge is 0.478 e. The van der Waals surface area contributed by atoms with E-state index in [1.54, 1.807) is 29.2 Å². The highest BCUT2D eigenvalue weighted by Gasteiger charge is 2.39. The minimum Gasteiger partial charge on any atom is -0.478 e. The van der Waals surface area contributed by atoms with Crippen molar-refractivity contribution in [3.05, 3.63) is 65.2 Å². The van der Waals surface area contributed by atoms with Gasteiger partial charge in [0, 0.05) is 5.69 Å². The standard InChI is InChI=1S/C28H35NO5/c30-25(17-9-19-4-2-1-3-5-19)21-12-14-23(15-13-21)29-24(26(31)18-27(29)32)16-8-20-6-10-22(11-7-20)28(33)34/h6-7,10-15,19,24-26,30-31H,1-5,8-9,16-18H2,(H,33,34). The Morgan fingerprint density at radius 3 is 2.29 bits per heavy atom. The molecular weight excluding hydrogens is 430 g/mol. The molecule has 2 aromatic rings. The van der Waals surface area contributed by atoms with Gasteiger partial charge in [-0.2, -0.15) is 0 Å². The van der Waals surface area contributed by atoms with Gasteiger partial charge in [-0.15, -0.1) is 0 Å². The van der Waals surface area contributed by atoms with Crippen molar-refractivity contribution in [3.63, 3.8) is 0 Å². The Bertz CT molecular complexity index is 965. The zero-order chi connectivity index (χ0) is 24.1. The van der Waals surface area contributed by atoms with Gasteiger partial charge in [0.2, 0.25) is 5.91 Å². The van der Waals surface area contributed by atoms with Crippen LogP contribution in [0, 0.1) is 5.92 Å². The molecule has 1 aliphatic carbocycles. The predicted octanol–water partition coefficient (Wildman–Crippen LogP) is 4.88. The number of aliphatic hydroxyl groups excluding tert-OH is 2. The number of aromatic carboxylic acids is 1. The first-order chi connectivity index (χ1) is 16.4. The lowest BCUT2D eigenvalue weighted by Crippen LogP contribution is -2.37. The average molecular weight is 466 g/mol. The smallest absolute Gasteiger partial charge is 0.335 e. The number of hydrogen-bond acceptors (Lipinski definition) is 4. The monoisotopic (exact) mass is 465 g/mol. The van der Waals surface area contributed by atoms with Gasteiger partial charge in [-0.25, -0.2) is 4.79 Å². The molecule has 1 saturated carbocycles. The van der Waals surface area contributed by atoms with E-state index >= 15 is 0 Å². The SMILES string of the molecule is O=C(O)c1ccc(CCC2C(O)CC(=O)N2c2ccc(C(O)CCC3CCCCC3)cc2)cc1. The molecule has 3 unspecified atom stereocenters. The van der Waals surface area contributed by atoms with Crippen LogP contribution in [0.25, 0.3) is 0 Å². The van der Waals surface area contributed by atoms with E-state index in [0.29, 0.717) is 12.8 Å². The Balaban J connectivity index is 1.37. The van der Waals surface area contributed by atoms with E-state index in [2.05, 4.69) is 0 Å². The van der Waals surface area contributed by atoms with Gasteiger partial charge in [-0.3, -0.25) is 4.79 Å². The molecule has 0 bridgehead atoms. The third-order valence-electron chi connectivity index (χ3n) is 7.49. The first-order valence-corrected chi connectivity index (χ1v) is 12.5. The van der Waals surface area contributed by atoms with Crippen molar-refractivity contribution >= 4 is 17.6 Å². The summed E-state index contributed by atoms with van der Waals surface area (Å²) in [7, 11) is 0. The van der Waals surface area contributed by atoms with Crippen LogP contribution in [0.2, 0.25) is 0 Å². The van der Waals surface area contributed by atoms with Crippen molar-refractivity contribution in [2.45, 2.75) is 82.5 Å². The van der Waals surface area contributed by atoms with Crippen LogP contribution in [0.5, 0.6) is 0 Å². The Morgan fingerprint density at radius 2 is 1.65 bits per heavy atom. The molecule has 3 atom stereocenters. The second-order valence-corrected chi connectivity index (χ2v) is 9.83. The third kappa shape index (κ3) is 5.86. The molecule has 1 heterocycles. The fourth-order valence-electron chi connectivity index (χ4n) is 5.45. The molecule has 3 N–H and O–H groups in total. The third-order valence-corrected chi connectivity index (χ3v) is 7.49. The summed E-state index contributed by atoms with van der Waals surface area (Å²) in [6, 6.07) is 13.9. The predicted molar refractivity (Wildman–Crippen MR) is 131 cm³/mol. The van der Waals surface area contributed by atoms with Crippen LogP contribution in [-0.4, -0.2) is 39.3 Å². The van der Waals surface area contributed by atoms with E-state index in [1.807, 2.05) is 24.3 Å². The summed E-state index contributed by atoms with van der Waals surface area (Å²) in [5.41, 5.74) is 2.80. The maximum atomic E-state index is 12.7. The second-order valence-electron chi connectivity index (χ2n) is 9.83. The van der Waals surface area contributed by atoms with E-state index in [9.17, 15) is 19.8 Å². The van der Waals surface area contributed by atoms with Crippen molar-refractivity contribution in [2.75, 3.05) is 4.90 Å². The number of benzene rings is 2. The molecule has 0 radical (unpaired) electrons. The molecule has 6 heteroatoms. The Labute approximate surface area is 201 Å². The Morgan fingerprint density at radius 1 is 0.971 bits per heavy atom. The van der Waals surface area contributed by atoms with Crippen molar-refractivity contribution in [3.8, 4) is 0 Å². The number of carboxylic acid groups (broad SMARTS) is 1. The highest BCUT2D eigenvalue weighted by Crippen LogP contribution is 2.33. The first kappa shape index (κ1) is 24.4. The van der Waals surface area contributed by atoms with Gasteiger partial charge in [0.15, 0.2) is 0 Å². The summed E-state index contributed by atoms with van der Waals surface area (Å²) in [4.78, 5) is 25.4. The van der Waals surface area contributed by atoms with Crippen molar-refractivity contribution < 1.29 is 24.9 Å². The van der Waals surface area contributed by atoms with Gasteiger partial charge in [0.05, 0.1) is 30.2 Å². The van der Waals surface area contributed by atoms with Gasteiger partial charge >= 0.3 is 5.97 Å². The van der Waals surface area contributed by atoms with Crippen LogP contribution in [0.15, 0.2) is 48.5 Å². The van der Waals surface area contributed by atoms with Crippen LogP contribution in [0.4, 0.5) is 5.69 Å². The second kappa shape index (κ2) is 11.2. The number of nitrogens with zero attached hydrogens (tertiary/aromatic N) is 1. The minimum atomic E-state index is -0.961. The lowest BCUT2D eigenvalue weighted by molar-refractivity contribution is -0.117. The number of rotatable bonds is 9. The van der Waals surface area contributed by atoms with Crippen LogP contribution in [0.3, 0.4) is 0 Å². The molecule has 2 aliphatic rings. The molecular formula is C28H35NO5. The van der Waals surface area contributed by atoms with E-state index in [1.165, 1.54) is 32.1 Å². The number of carbonyl (C=O) groups is 2. The van der Waals surface area contributed by atoms with Crippen LogP contribution in [0.1, 0.15) is 85.4 Å². The van der Waals surface area contributed by atoms with Crippen molar-refractivity contribution in [1.29, 1.82) is 0 Å². The molecule has 182 valence electrons. The van der Waals surface area contributed by atoms with E-state index < -0.39 is 18.2 Å². The summed E-state index contributed by atoms with van der Waals surface area (Å²) in [6.45, 7) is 0. The Kier molecular flexibility index (Phi) is 8.01. The first-order valence-electron chi connectivity index (χ1n) is 12.5. The molecule has 6 nitrogen and oxygen atoms in total. The molecule has 0 aromatic heterocycles. The normalized spacial score (nSPS) is 22.2. The van der Waals surface area contributed by atoms with Gasteiger partial charge in [0.1, 0.15) is 0 Å². The zero-order valence-electron chi connectivity index (χ0n) is 19.6. The highest BCUT2D eigenvalue weighted by atomic mass is 16.4. The fraction of sp³-hybridized carbons (Fsp3) is 0.500. The van der Waals surface area contributed by atoms with Crippen molar-refractivity contribution in [2.24, 2.45) is 5.92 Å². The number of aliphatic hydroxyl groups is 2. The lowest BCUT2D eigenvalue weighted by atomic mass is 9.85. The van der Waals surface area contributed by atoms with E-state index in [-0.39, 0.29) is 23.9 Å². The topological polar surface area (TPSA) is 98.1 Å². The van der Waals surface area contributed by atoms with Gasteiger partial charge in [-0.05, 0) is 67.0 Å². The van der Waals surface area contributed by atoms with Gasteiger partial charge in [-0.1, -0.05) is 56.4 Å². The zero-order valence-corrected chi connectivity index (χ0v) is 19.6. The average Bonchev–Trinajstić information content (AvgIpc) is 3.14. The summed E-state index contributed by atoms with van der Waals surface area (Å²) in [5.74, 6) is -0.339. The van der Waals surface area contributed by atoms with E-state index in [0.717, 1.165) is 35.6 Å². The maximum Gasteiger partial charge on any atom is 0.335 e. The van der Waals surface area contributed by atoms with Gasteiger partial charge in [0.25, 0.3) is 0 Å². The number of aryl methyl sites for hydroxylation is 1. The number of hydrogen-bond donors (Lipinski definition) is 3. The maximum absolute atomic E-state index is 12.7. The summed E-state index contributed by atoms with van der Waals surface area (Å²) >= 11 is 0. The summed E-state index contributed by atoms with van der Waals surface area (Å²) < 4.78 is 0. The summed E-state index contributed by atoms with van der Waals surface area (Å²) in [5, 5.41) is 30.3. The number of carbonyl (C=O) groups excluding carboxylic acids is 1. The number of amides is 1. The van der Waals surface area contributed by atoms with Crippen LogP contribution >= 0.6 is 0 Å². The minimum absolute atomic E-state index is 0.0917. The molecule has 1 aliphatic heterocycles. The number of carboxylic acids is 1. The molecule has 0 spiro atoms. The molecule has 1 saturated heterocycles. The molecule has 34 heavy (non-hydrogen) atoms. The van der Waals surface area contributed by atoms with Crippen molar-refractivity contribution in [1.82, 2.24) is 0 Å². The molecule has 2 aromatic carbocycles. The number of anilines is 1. The highest BCUT2D eigenvalue weighted by molar-refractivity contribution is 5.97. The summed E-state index contributed by atoms with van der Waals surface area (Å²) in [6.07, 6.45) is 8.36.